The third-order valence-corrected chi connectivity index (χ3v) is 4.66. The number of hydrogen-bond donors (Lipinski definition) is 1. The van der Waals surface area contributed by atoms with Crippen molar-refractivity contribution in [3.8, 4) is 5.75 Å². The smallest absolute Gasteiger partial charge is 0.124 e. The molecule has 1 N–H and O–H groups in total. The summed E-state index contributed by atoms with van der Waals surface area (Å²) in [5, 5.41) is 6.18. The summed E-state index contributed by atoms with van der Waals surface area (Å²) in [4.78, 5) is 1.19. The molecule has 2 nitrogen and oxygen atoms in total. The molecule has 0 saturated heterocycles. The second-order valence-electron chi connectivity index (χ2n) is 4.45. The van der Waals surface area contributed by atoms with E-state index in [0.29, 0.717) is 6.61 Å². The van der Waals surface area contributed by atoms with Gasteiger partial charge in [0.25, 0.3) is 0 Å². The van der Waals surface area contributed by atoms with Crippen molar-refractivity contribution in [3.05, 3.63) is 49.6 Å². The maximum Gasteiger partial charge on any atom is 0.124 e. The normalized spacial score (nSPS) is 10.8. The van der Waals surface area contributed by atoms with Crippen LogP contribution in [0.25, 0.3) is 0 Å². The van der Waals surface area contributed by atoms with Crippen LogP contribution in [0.3, 0.4) is 0 Å². The van der Waals surface area contributed by atoms with Gasteiger partial charge in [-0.1, -0.05) is 18.5 Å². The molecule has 0 radical (unpaired) electrons. The van der Waals surface area contributed by atoms with Gasteiger partial charge in [-0.3, -0.25) is 0 Å². The lowest BCUT2D eigenvalue weighted by Gasteiger charge is -2.12. The predicted molar refractivity (Wildman–Crippen MR) is 89.8 cm³/mol. The van der Waals surface area contributed by atoms with E-state index in [9.17, 15) is 0 Å². The van der Waals surface area contributed by atoms with Gasteiger partial charge in [-0.25, -0.2) is 0 Å². The number of hydrogen-bond acceptors (Lipinski definition) is 3. The molecule has 108 valence electrons. The highest BCUT2D eigenvalue weighted by atomic mass is 79.9. The van der Waals surface area contributed by atoms with Crippen LogP contribution in [0, 0.1) is 0 Å². The molecule has 0 bridgehead atoms. The van der Waals surface area contributed by atoms with Gasteiger partial charge in [0.15, 0.2) is 0 Å². The SMILES string of the molecule is CCCNCc1cc(Cl)ccc1OCc1cc(Br)cs1. The fourth-order valence-corrected chi connectivity index (χ4v) is 3.36. The lowest BCUT2D eigenvalue weighted by molar-refractivity contribution is 0.305. The first-order chi connectivity index (χ1) is 9.69. The summed E-state index contributed by atoms with van der Waals surface area (Å²) in [7, 11) is 0. The molecular weight excluding hydrogens is 358 g/mol. The van der Waals surface area contributed by atoms with Gasteiger partial charge < -0.3 is 10.1 Å². The highest BCUT2D eigenvalue weighted by Crippen LogP contribution is 2.26. The zero-order valence-corrected chi connectivity index (χ0v) is 14.4. The number of halogens is 2. The van der Waals surface area contributed by atoms with E-state index >= 15 is 0 Å². The van der Waals surface area contributed by atoms with Crippen LogP contribution in [0.4, 0.5) is 0 Å². The van der Waals surface area contributed by atoms with Crippen molar-refractivity contribution >= 4 is 38.9 Å². The summed E-state index contributed by atoms with van der Waals surface area (Å²) < 4.78 is 7.01. The van der Waals surface area contributed by atoms with E-state index < -0.39 is 0 Å². The Morgan fingerprint density at radius 1 is 1.35 bits per heavy atom. The number of ether oxygens (including phenoxy) is 1. The third kappa shape index (κ3) is 4.77. The van der Waals surface area contributed by atoms with Crippen molar-refractivity contribution in [2.75, 3.05) is 6.54 Å². The summed E-state index contributed by atoms with van der Waals surface area (Å²) in [6, 6.07) is 7.85. The molecule has 0 saturated carbocycles. The Morgan fingerprint density at radius 2 is 2.20 bits per heavy atom. The first kappa shape index (κ1) is 15.8. The summed E-state index contributed by atoms with van der Waals surface area (Å²) in [5.41, 5.74) is 1.10. The summed E-state index contributed by atoms with van der Waals surface area (Å²) in [6.07, 6.45) is 1.11. The first-order valence-corrected chi connectivity index (χ1v) is 8.59. The van der Waals surface area contributed by atoms with E-state index in [-0.39, 0.29) is 0 Å². The minimum atomic E-state index is 0.582. The molecular formula is C15H17BrClNOS. The second kappa shape index (κ2) is 8.03. The zero-order valence-electron chi connectivity index (χ0n) is 11.3. The Kier molecular flexibility index (Phi) is 6.36. The molecule has 20 heavy (non-hydrogen) atoms. The molecule has 5 heteroatoms. The van der Waals surface area contributed by atoms with E-state index in [1.54, 1.807) is 11.3 Å². The van der Waals surface area contributed by atoms with Gasteiger partial charge >= 0.3 is 0 Å². The van der Waals surface area contributed by atoms with Gasteiger partial charge in [-0.15, -0.1) is 11.3 Å². The fourth-order valence-electron chi connectivity index (χ4n) is 1.81. The van der Waals surface area contributed by atoms with Gasteiger partial charge in [0.1, 0.15) is 12.4 Å². The average Bonchev–Trinajstić information content (AvgIpc) is 2.84. The van der Waals surface area contributed by atoms with E-state index in [1.807, 2.05) is 18.2 Å². The molecule has 1 aromatic heterocycles. The van der Waals surface area contributed by atoms with Crippen LogP contribution in [-0.2, 0) is 13.2 Å². The molecule has 0 aliphatic carbocycles. The molecule has 0 unspecified atom stereocenters. The van der Waals surface area contributed by atoms with Gasteiger partial charge in [-0.2, -0.15) is 0 Å². The van der Waals surface area contributed by atoms with Crippen molar-refractivity contribution in [2.24, 2.45) is 0 Å². The van der Waals surface area contributed by atoms with Crippen molar-refractivity contribution in [1.82, 2.24) is 5.32 Å². The standard InChI is InChI=1S/C15H17BrClNOS/c1-2-5-18-8-11-6-13(17)3-4-15(11)19-9-14-7-12(16)10-20-14/h3-4,6-7,10,18H,2,5,8-9H2,1H3. The molecule has 0 aliphatic rings. The maximum absolute atomic E-state index is 6.06. The highest BCUT2D eigenvalue weighted by Gasteiger charge is 2.06. The Bertz CT molecular complexity index is 559. The first-order valence-electron chi connectivity index (χ1n) is 6.54. The van der Waals surface area contributed by atoms with Crippen molar-refractivity contribution in [1.29, 1.82) is 0 Å². The Labute approximate surface area is 137 Å². The van der Waals surface area contributed by atoms with Crippen LogP contribution in [0.15, 0.2) is 34.1 Å². The van der Waals surface area contributed by atoms with E-state index in [0.717, 1.165) is 40.3 Å². The molecule has 2 aromatic rings. The summed E-state index contributed by atoms with van der Waals surface area (Å²) >= 11 is 11.2. The minimum Gasteiger partial charge on any atom is -0.488 e. The monoisotopic (exact) mass is 373 g/mol. The molecule has 0 fully saturated rings. The third-order valence-electron chi connectivity index (χ3n) is 2.76. The van der Waals surface area contributed by atoms with E-state index in [2.05, 4.69) is 39.6 Å². The van der Waals surface area contributed by atoms with Crippen molar-refractivity contribution in [2.45, 2.75) is 26.5 Å². The molecule has 2 rings (SSSR count). The lowest BCUT2D eigenvalue weighted by Crippen LogP contribution is -2.14. The number of benzene rings is 1. The Hall–Kier alpha value is -0.550. The molecule has 1 heterocycles. The molecule has 0 amide bonds. The van der Waals surface area contributed by atoms with E-state index in [1.165, 1.54) is 4.88 Å². The molecule has 0 aliphatic heterocycles. The maximum atomic E-state index is 6.06. The van der Waals surface area contributed by atoms with Crippen LogP contribution in [0.5, 0.6) is 5.75 Å². The molecule has 0 atom stereocenters. The largest absolute Gasteiger partial charge is 0.488 e. The predicted octanol–water partition coefficient (Wildman–Crippen LogP) is 5.24. The average molecular weight is 375 g/mol. The highest BCUT2D eigenvalue weighted by molar-refractivity contribution is 9.10. The zero-order chi connectivity index (χ0) is 14.4. The Balaban J connectivity index is 2.01. The van der Waals surface area contributed by atoms with E-state index in [4.69, 9.17) is 16.3 Å². The quantitative estimate of drug-likeness (QED) is 0.669. The van der Waals surface area contributed by atoms with Gasteiger partial charge in [-0.05, 0) is 53.2 Å². The van der Waals surface area contributed by atoms with Crippen LogP contribution in [0.2, 0.25) is 5.02 Å². The Morgan fingerprint density at radius 3 is 2.90 bits per heavy atom. The lowest BCUT2D eigenvalue weighted by atomic mass is 10.2. The number of nitrogens with one attached hydrogen (secondary N) is 1. The van der Waals surface area contributed by atoms with Gasteiger partial charge in [0.05, 0.1) is 0 Å². The van der Waals surface area contributed by atoms with Crippen molar-refractivity contribution < 1.29 is 4.74 Å². The summed E-state index contributed by atoms with van der Waals surface area (Å²) in [5.74, 6) is 0.891. The van der Waals surface area contributed by atoms with Crippen LogP contribution >= 0.6 is 38.9 Å². The van der Waals surface area contributed by atoms with Crippen LogP contribution < -0.4 is 10.1 Å². The van der Waals surface area contributed by atoms with Crippen molar-refractivity contribution in [3.63, 3.8) is 0 Å². The minimum absolute atomic E-state index is 0.582. The van der Waals surface area contributed by atoms with Crippen LogP contribution in [-0.4, -0.2) is 6.54 Å². The van der Waals surface area contributed by atoms with Gasteiger partial charge in [0.2, 0.25) is 0 Å². The topological polar surface area (TPSA) is 21.3 Å². The number of thiophene rings is 1. The van der Waals surface area contributed by atoms with Crippen LogP contribution in [0.1, 0.15) is 23.8 Å². The summed E-state index contributed by atoms with van der Waals surface area (Å²) in [6.45, 7) is 4.50. The number of rotatable bonds is 7. The second-order valence-corrected chi connectivity index (χ2v) is 6.80. The molecule has 0 spiro atoms. The molecule has 1 aromatic carbocycles. The van der Waals surface area contributed by atoms with Gasteiger partial charge in [0, 0.05) is 31.9 Å². The fraction of sp³-hybridized carbons (Fsp3) is 0.333.